The zero-order valence-electron chi connectivity index (χ0n) is 11.4. The molecule has 7 heteroatoms. The molecule has 0 aliphatic heterocycles. The maximum atomic E-state index is 12.7. The number of hydrogen-bond acceptors (Lipinski definition) is 4. The minimum absolute atomic E-state index is 0.307. The molecule has 0 heterocycles. The molecule has 0 saturated heterocycles. The first-order valence-corrected chi connectivity index (χ1v) is 5.85. The highest BCUT2D eigenvalue weighted by atomic mass is 19.4. The third-order valence-electron chi connectivity index (χ3n) is 3.06. The van der Waals surface area contributed by atoms with Gasteiger partial charge in [-0.1, -0.05) is 0 Å². The van der Waals surface area contributed by atoms with Crippen LogP contribution in [0.5, 0.6) is 5.75 Å². The molecule has 1 atom stereocenters. The fourth-order valence-corrected chi connectivity index (χ4v) is 1.75. The zero-order valence-corrected chi connectivity index (χ0v) is 11.4. The van der Waals surface area contributed by atoms with E-state index in [0.29, 0.717) is 16.9 Å². The van der Waals surface area contributed by atoms with E-state index < -0.39 is 18.3 Å². The molecule has 112 valence electrons. The number of alkyl halides is 3. The van der Waals surface area contributed by atoms with E-state index in [0.717, 1.165) is 7.05 Å². The number of benzene rings is 1. The number of ether oxygens (including phenoxy) is 1. The lowest BCUT2D eigenvalue weighted by Gasteiger charge is -2.30. The second kappa shape index (κ2) is 5.80. The van der Waals surface area contributed by atoms with Crippen molar-refractivity contribution in [2.75, 3.05) is 14.2 Å². The van der Waals surface area contributed by atoms with E-state index in [-0.39, 0.29) is 5.71 Å². The topological polar surface area (TPSA) is 65.3 Å². The second-order valence-electron chi connectivity index (χ2n) is 4.45. The molecule has 20 heavy (non-hydrogen) atoms. The molecule has 3 N–H and O–H groups in total. The van der Waals surface area contributed by atoms with Gasteiger partial charge in [-0.25, -0.2) is 0 Å². The third-order valence-corrected chi connectivity index (χ3v) is 3.06. The summed E-state index contributed by atoms with van der Waals surface area (Å²) in [5.41, 5.74) is -2.42. The number of aryl methyl sites for hydroxylation is 1. The molecule has 4 nitrogen and oxygen atoms in total. The monoisotopic (exact) mass is 290 g/mol. The van der Waals surface area contributed by atoms with E-state index in [4.69, 9.17) is 10.1 Å². The summed E-state index contributed by atoms with van der Waals surface area (Å²) >= 11 is 0. The molecule has 1 unspecified atom stereocenters. The molecule has 1 aromatic carbocycles. The van der Waals surface area contributed by atoms with Crippen LogP contribution < -0.4 is 10.1 Å². The Balaban J connectivity index is 2.99. The Morgan fingerprint density at radius 1 is 1.40 bits per heavy atom. The predicted molar refractivity (Wildman–Crippen MR) is 69.2 cm³/mol. The van der Waals surface area contributed by atoms with E-state index >= 15 is 0 Å². The van der Waals surface area contributed by atoms with Crippen LogP contribution in [0.4, 0.5) is 13.2 Å². The van der Waals surface area contributed by atoms with Crippen LogP contribution in [0.1, 0.15) is 17.5 Å². The van der Waals surface area contributed by atoms with E-state index in [1.807, 2.05) is 5.32 Å². The van der Waals surface area contributed by atoms with E-state index in [2.05, 4.69) is 0 Å². The number of halogens is 3. The van der Waals surface area contributed by atoms with Gasteiger partial charge < -0.3 is 15.3 Å². The number of hydrogen-bond donors (Lipinski definition) is 3. The van der Waals surface area contributed by atoms with Gasteiger partial charge in [-0.2, -0.15) is 13.2 Å². The molecule has 1 aromatic rings. The van der Waals surface area contributed by atoms with Crippen molar-refractivity contribution in [3.05, 3.63) is 29.3 Å². The van der Waals surface area contributed by atoms with Crippen molar-refractivity contribution in [2.45, 2.75) is 25.2 Å². The minimum Gasteiger partial charge on any atom is -0.496 e. The molecular formula is C13H17F3N2O2. The molecule has 0 bridgehead atoms. The van der Waals surface area contributed by atoms with Crippen LogP contribution >= 0.6 is 0 Å². The van der Waals surface area contributed by atoms with Gasteiger partial charge in [0.15, 0.2) is 0 Å². The number of aliphatic hydroxyl groups is 1. The maximum absolute atomic E-state index is 12.7. The van der Waals surface area contributed by atoms with Gasteiger partial charge in [0.2, 0.25) is 5.72 Å². The molecule has 0 fully saturated rings. The van der Waals surface area contributed by atoms with Crippen molar-refractivity contribution < 1.29 is 23.0 Å². The van der Waals surface area contributed by atoms with Crippen LogP contribution in [0.15, 0.2) is 18.2 Å². The maximum Gasteiger partial charge on any atom is 0.431 e. The predicted octanol–water partition coefficient (Wildman–Crippen LogP) is 2.23. The van der Waals surface area contributed by atoms with Gasteiger partial charge in [-0.3, -0.25) is 5.32 Å². The molecule has 0 spiro atoms. The lowest BCUT2D eigenvalue weighted by Crippen LogP contribution is -2.56. The molecule has 0 saturated carbocycles. The Bertz CT molecular complexity index is 503. The molecular weight excluding hydrogens is 273 g/mol. The second-order valence-corrected chi connectivity index (χ2v) is 4.45. The van der Waals surface area contributed by atoms with Gasteiger partial charge in [-0.15, -0.1) is 0 Å². The van der Waals surface area contributed by atoms with Gasteiger partial charge in [-0.05, 0) is 43.3 Å². The number of nitrogens with one attached hydrogen (secondary N) is 2. The van der Waals surface area contributed by atoms with Crippen molar-refractivity contribution >= 4 is 5.71 Å². The van der Waals surface area contributed by atoms with Gasteiger partial charge in [0.1, 0.15) is 5.75 Å². The lowest BCUT2D eigenvalue weighted by molar-refractivity contribution is -0.267. The van der Waals surface area contributed by atoms with Gasteiger partial charge >= 0.3 is 6.18 Å². The normalized spacial score (nSPS) is 14.8. The van der Waals surface area contributed by atoms with Crippen LogP contribution in [0.25, 0.3) is 0 Å². The molecule has 0 radical (unpaired) electrons. The highest BCUT2D eigenvalue weighted by Crippen LogP contribution is 2.32. The zero-order chi connectivity index (χ0) is 15.6. The smallest absolute Gasteiger partial charge is 0.431 e. The first kappa shape index (κ1) is 16.5. The molecule has 0 aromatic heterocycles. The van der Waals surface area contributed by atoms with Gasteiger partial charge in [0.05, 0.1) is 7.11 Å². The molecule has 0 aliphatic rings. The third kappa shape index (κ3) is 3.29. The fourth-order valence-electron chi connectivity index (χ4n) is 1.75. The first-order valence-electron chi connectivity index (χ1n) is 5.85. The standard InChI is InChI=1S/C13H17F3N2O2/c1-8-6-9(4-5-11(8)20-3)10(17)7-12(19,18-2)13(14,15)16/h4-6,17-19H,7H2,1-3H3. The Kier molecular flexibility index (Phi) is 4.77. The first-order chi connectivity index (χ1) is 9.14. The summed E-state index contributed by atoms with van der Waals surface area (Å²) in [5.74, 6) is 0.584. The Labute approximate surface area is 115 Å². The number of methoxy groups -OCH3 is 1. The van der Waals surface area contributed by atoms with Crippen LogP contribution in [0.2, 0.25) is 0 Å². The van der Waals surface area contributed by atoms with Crippen LogP contribution in [-0.2, 0) is 0 Å². The van der Waals surface area contributed by atoms with E-state index in [9.17, 15) is 18.3 Å². The highest BCUT2D eigenvalue weighted by molar-refractivity contribution is 5.99. The fraction of sp³-hybridized carbons (Fsp3) is 0.462. The summed E-state index contributed by atoms with van der Waals surface area (Å²) in [5, 5.41) is 19.1. The summed E-state index contributed by atoms with van der Waals surface area (Å²) in [6, 6.07) is 4.61. The SMILES string of the molecule is CNC(O)(CC(=N)c1ccc(OC)c(C)c1)C(F)(F)F. The lowest BCUT2D eigenvalue weighted by atomic mass is 9.98. The molecule has 0 amide bonds. The Hall–Kier alpha value is -1.60. The van der Waals surface area contributed by atoms with E-state index in [1.165, 1.54) is 13.2 Å². The summed E-state index contributed by atoms with van der Waals surface area (Å²) < 4.78 is 43.3. The van der Waals surface area contributed by atoms with Crippen LogP contribution in [0, 0.1) is 12.3 Å². The summed E-state index contributed by atoms with van der Waals surface area (Å²) in [7, 11) is 2.48. The number of rotatable bonds is 5. The van der Waals surface area contributed by atoms with Crippen molar-refractivity contribution in [1.82, 2.24) is 5.32 Å². The van der Waals surface area contributed by atoms with Crippen molar-refractivity contribution in [1.29, 1.82) is 5.41 Å². The van der Waals surface area contributed by atoms with Gasteiger partial charge in [0.25, 0.3) is 0 Å². The van der Waals surface area contributed by atoms with Crippen molar-refractivity contribution in [3.63, 3.8) is 0 Å². The Morgan fingerprint density at radius 3 is 2.40 bits per heavy atom. The largest absolute Gasteiger partial charge is 0.496 e. The average molecular weight is 290 g/mol. The quantitative estimate of drug-likeness (QED) is 0.575. The van der Waals surface area contributed by atoms with Crippen molar-refractivity contribution in [2.24, 2.45) is 0 Å². The summed E-state index contributed by atoms with van der Waals surface area (Å²) in [6.07, 6.45) is -5.74. The van der Waals surface area contributed by atoms with Crippen LogP contribution in [0.3, 0.4) is 0 Å². The summed E-state index contributed by atoms with van der Waals surface area (Å²) in [4.78, 5) is 0. The Morgan fingerprint density at radius 2 is 2.00 bits per heavy atom. The minimum atomic E-state index is -4.87. The van der Waals surface area contributed by atoms with Crippen molar-refractivity contribution in [3.8, 4) is 5.75 Å². The highest BCUT2D eigenvalue weighted by Gasteiger charge is 2.53. The van der Waals surface area contributed by atoms with Gasteiger partial charge in [0, 0.05) is 12.1 Å². The average Bonchev–Trinajstić information content (AvgIpc) is 2.37. The molecule has 0 aliphatic carbocycles. The van der Waals surface area contributed by atoms with E-state index in [1.54, 1.807) is 19.1 Å². The van der Waals surface area contributed by atoms with Crippen LogP contribution in [-0.4, -0.2) is 36.9 Å². The summed E-state index contributed by atoms with van der Waals surface area (Å²) in [6.45, 7) is 1.73. The molecule has 1 rings (SSSR count).